The lowest BCUT2D eigenvalue weighted by atomic mass is 9.81. The molecule has 2 aliphatic carbocycles. The molecule has 10 heteroatoms. The van der Waals surface area contributed by atoms with Gasteiger partial charge in [0.1, 0.15) is 22.6 Å². The average Bonchev–Trinajstić information content (AvgIpc) is 2.83. The van der Waals surface area contributed by atoms with Gasteiger partial charge in [-0.15, -0.1) is 0 Å². The normalized spacial score (nSPS) is 25.3. The van der Waals surface area contributed by atoms with Crippen LogP contribution in [-0.4, -0.2) is 11.9 Å². The summed E-state index contributed by atoms with van der Waals surface area (Å²) in [5.74, 6) is -4.99. The van der Waals surface area contributed by atoms with Crippen LogP contribution >= 0.6 is 0 Å². The van der Waals surface area contributed by atoms with Crippen LogP contribution in [0, 0.1) is 23.7 Å². The predicted octanol–water partition coefficient (Wildman–Crippen LogP) is 7.97. The van der Waals surface area contributed by atoms with Crippen molar-refractivity contribution < 1.29 is 45.4 Å². The summed E-state index contributed by atoms with van der Waals surface area (Å²) in [7, 11) is 0. The first kappa shape index (κ1) is 28.3. The highest BCUT2D eigenvalue weighted by atomic mass is 19.4. The molecule has 0 aliphatic heterocycles. The van der Waals surface area contributed by atoms with Gasteiger partial charge in [-0.3, -0.25) is 9.59 Å². The van der Waals surface area contributed by atoms with Crippen molar-refractivity contribution in [3.63, 3.8) is 0 Å². The van der Waals surface area contributed by atoms with Crippen molar-refractivity contribution in [2.75, 3.05) is 0 Å². The number of hydrogen-bond donors (Lipinski definition) is 0. The van der Waals surface area contributed by atoms with Gasteiger partial charge in [0.05, 0.1) is 11.8 Å². The third-order valence-corrected chi connectivity index (χ3v) is 7.63. The van der Waals surface area contributed by atoms with Crippen LogP contribution in [0.5, 0.6) is 11.5 Å². The van der Waals surface area contributed by atoms with Crippen LogP contribution < -0.4 is 9.47 Å². The van der Waals surface area contributed by atoms with E-state index in [1.54, 1.807) is 0 Å². The number of halogens is 6. The number of esters is 2. The van der Waals surface area contributed by atoms with E-state index in [4.69, 9.17) is 9.47 Å². The molecule has 2 aliphatic rings. The molecule has 2 fully saturated rings. The van der Waals surface area contributed by atoms with Crippen LogP contribution in [0.4, 0.5) is 26.3 Å². The summed E-state index contributed by atoms with van der Waals surface area (Å²) in [6.45, 7) is 4.00. The maximum absolute atomic E-state index is 14.0. The second kappa shape index (κ2) is 11.4. The Bertz CT molecular complexity index is 849. The first-order valence-electron chi connectivity index (χ1n) is 12.6. The lowest BCUT2D eigenvalue weighted by Gasteiger charge is -2.28. The van der Waals surface area contributed by atoms with E-state index in [1.165, 1.54) is 0 Å². The molecule has 0 aromatic heterocycles. The molecule has 4 nitrogen and oxygen atoms in total. The van der Waals surface area contributed by atoms with E-state index in [-0.39, 0.29) is 0 Å². The quantitative estimate of drug-likeness (QED) is 0.216. The standard InChI is InChI=1S/C26H32F6O4/c1-3-15-5-9-17(10-6-15)23(33)35-19-13-14-20(22(26(30,31)32)21(19)25(27,28)29)36-24(34)18-11-7-16(4-2)8-12-18/h13-18H,3-12H2,1-2H3. The Labute approximate surface area is 206 Å². The number of hydrogen-bond acceptors (Lipinski definition) is 4. The molecular weight excluding hydrogens is 490 g/mol. The van der Waals surface area contributed by atoms with Gasteiger partial charge in [0.15, 0.2) is 0 Å². The number of ether oxygens (including phenoxy) is 2. The van der Waals surface area contributed by atoms with E-state index in [0.717, 1.165) is 12.8 Å². The zero-order valence-corrected chi connectivity index (χ0v) is 20.4. The van der Waals surface area contributed by atoms with Crippen molar-refractivity contribution in [1.82, 2.24) is 0 Å². The summed E-state index contributed by atoms with van der Waals surface area (Å²) < 4.78 is 93.5. The second-order valence-electron chi connectivity index (χ2n) is 9.90. The fourth-order valence-corrected chi connectivity index (χ4v) is 5.29. The second-order valence-corrected chi connectivity index (χ2v) is 9.90. The third-order valence-electron chi connectivity index (χ3n) is 7.63. The van der Waals surface area contributed by atoms with Crippen molar-refractivity contribution in [2.24, 2.45) is 23.7 Å². The minimum atomic E-state index is -5.51. The number of alkyl halides is 6. The van der Waals surface area contributed by atoms with Gasteiger partial charge in [0.2, 0.25) is 0 Å². The first-order valence-corrected chi connectivity index (χ1v) is 12.6. The Hall–Kier alpha value is -2.26. The molecule has 0 bridgehead atoms. The molecule has 36 heavy (non-hydrogen) atoms. The van der Waals surface area contributed by atoms with Gasteiger partial charge in [-0.2, -0.15) is 26.3 Å². The number of benzene rings is 1. The lowest BCUT2D eigenvalue weighted by molar-refractivity contribution is -0.166. The summed E-state index contributed by atoms with van der Waals surface area (Å²) in [5.41, 5.74) is -4.32. The molecule has 1 aromatic rings. The molecule has 0 amide bonds. The Balaban J connectivity index is 1.89. The van der Waals surface area contributed by atoms with Gasteiger partial charge in [0.25, 0.3) is 0 Å². The van der Waals surface area contributed by atoms with Crippen LogP contribution in [0.2, 0.25) is 0 Å². The van der Waals surface area contributed by atoms with Crippen LogP contribution in [0.25, 0.3) is 0 Å². The van der Waals surface area contributed by atoms with Gasteiger partial charge in [-0.25, -0.2) is 0 Å². The van der Waals surface area contributed by atoms with Crippen molar-refractivity contribution in [3.8, 4) is 11.5 Å². The third kappa shape index (κ3) is 6.73. The van der Waals surface area contributed by atoms with E-state index in [2.05, 4.69) is 0 Å². The molecule has 1 aromatic carbocycles. The SMILES string of the molecule is CCC1CCC(C(=O)Oc2ccc(OC(=O)C3CCC(CC)CC3)c(C(F)(F)F)c2C(F)(F)F)CC1. The Morgan fingerprint density at radius 1 is 0.667 bits per heavy atom. The molecular formula is C26H32F6O4. The minimum absolute atomic E-state index is 0.404. The van der Waals surface area contributed by atoms with E-state index in [0.29, 0.717) is 75.3 Å². The molecule has 0 N–H and O–H groups in total. The first-order chi connectivity index (χ1) is 16.8. The Morgan fingerprint density at radius 2 is 0.972 bits per heavy atom. The molecule has 2 saturated carbocycles. The Kier molecular flexibility index (Phi) is 8.98. The van der Waals surface area contributed by atoms with E-state index in [9.17, 15) is 35.9 Å². The number of rotatable bonds is 6. The maximum atomic E-state index is 14.0. The number of carbonyl (C=O) groups is 2. The topological polar surface area (TPSA) is 52.6 Å². The molecule has 3 rings (SSSR count). The van der Waals surface area contributed by atoms with Gasteiger partial charge in [-0.1, -0.05) is 26.7 Å². The Morgan fingerprint density at radius 3 is 1.22 bits per heavy atom. The molecule has 0 atom stereocenters. The molecule has 0 unspecified atom stereocenters. The molecule has 202 valence electrons. The zero-order valence-electron chi connectivity index (χ0n) is 20.4. The highest BCUT2D eigenvalue weighted by Gasteiger charge is 2.49. The summed E-state index contributed by atoms with van der Waals surface area (Å²) in [4.78, 5) is 25.1. The van der Waals surface area contributed by atoms with Gasteiger partial charge >= 0.3 is 24.3 Å². The molecule has 0 spiro atoms. The van der Waals surface area contributed by atoms with Gasteiger partial charge in [0, 0.05) is 0 Å². The summed E-state index contributed by atoms with van der Waals surface area (Å²) in [5, 5.41) is 0. The summed E-state index contributed by atoms with van der Waals surface area (Å²) in [6, 6.07) is 1.26. The van der Waals surface area contributed by atoms with Crippen molar-refractivity contribution in [1.29, 1.82) is 0 Å². The van der Waals surface area contributed by atoms with Crippen molar-refractivity contribution in [3.05, 3.63) is 23.3 Å². The fraction of sp³-hybridized carbons (Fsp3) is 0.692. The number of carbonyl (C=O) groups excluding carboxylic acids is 2. The van der Waals surface area contributed by atoms with Crippen LogP contribution in [0.3, 0.4) is 0 Å². The van der Waals surface area contributed by atoms with Gasteiger partial charge < -0.3 is 9.47 Å². The van der Waals surface area contributed by atoms with E-state index in [1.807, 2.05) is 13.8 Å². The fourth-order valence-electron chi connectivity index (χ4n) is 5.29. The average molecular weight is 523 g/mol. The predicted molar refractivity (Wildman–Crippen MR) is 119 cm³/mol. The van der Waals surface area contributed by atoms with Crippen LogP contribution in [0.1, 0.15) is 89.2 Å². The molecule has 0 radical (unpaired) electrons. The summed E-state index contributed by atoms with van der Waals surface area (Å²) in [6.07, 6.45) is -4.79. The summed E-state index contributed by atoms with van der Waals surface area (Å²) >= 11 is 0. The van der Waals surface area contributed by atoms with E-state index >= 15 is 0 Å². The highest BCUT2D eigenvalue weighted by molar-refractivity contribution is 5.78. The van der Waals surface area contributed by atoms with E-state index < -0.39 is 58.8 Å². The van der Waals surface area contributed by atoms with Crippen LogP contribution in [-0.2, 0) is 21.9 Å². The van der Waals surface area contributed by atoms with Gasteiger partial charge in [-0.05, 0) is 75.3 Å². The lowest BCUT2D eigenvalue weighted by Crippen LogP contribution is -2.28. The molecule has 0 saturated heterocycles. The highest BCUT2D eigenvalue weighted by Crippen LogP contribution is 2.49. The molecule has 0 heterocycles. The monoisotopic (exact) mass is 522 g/mol. The van der Waals surface area contributed by atoms with Crippen molar-refractivity contribution >= 4 is 11.9 Å². The zero-order chi connectivity index (χ0) is 26.7. The largest absolute Gasteiger partial charge is 0.426 e. The van der Waals surface area contributed by atoms with Crippen molar-refractivity contribution in [2.45, 2.75) is 90.4 Å². The maximum Gasteiger partial charge on any atom is 0.420 e. The minimum Gasteiger partial charge on any atom is -0.426 e. The van der Waals surface area contributed by atoms with Crippen LogP contribution in [0.15, 0.2) is 12.1 Å². The smallest absolute Gasteiger partial charge is 0.420 e.